The van der Waals surface area contributed by atoms with Gasteiger partial charge in [-0.15, -0.1) is 0 Å². The zero-order chi connectivity index (χ0) is 11.5. The van der Waals surface area contributed by atoms with Crippen molar-refractivity contribution < 1.29 is 0 Å². The normalized spacial score (nSPS) is 10.2. The summed E-state index contributed by atoms with van der Waals surface area (Å²) in [6.07, 6.45) is 1.43. The number of benzene rings is 1. The average Bonchev–Trinajstić information content (AvgIpc) is 2.24. The highest BCUT2D eigenvalue weighted by Crippen LogP contribution is 2.23. The van der Waals surface area contributed by atoms with E-state index in [0.717, 1.165) is 15.7 Å². The Kier molecular flexibility index (Phi) is 3.41. The van der Waals surface area contributed by atoms with Crippen LogP contribution in [0.25, 0.3) is 0 Å². The molecule has 0 fully saturated rings. The maximum atomic E-state index is 5.78. The Morgan fingerprint density at radius 3 is 2.81 bits per heavy atom. The molecule has 1 aromatic carbocycles. The number of nitrogens with one attached hydrogen (secondary N) is 1. The molecule has 82 valence electrons. The fourth-order valence-electron chi connectivity index (χ4n) is 1.27. The van der Waals surface area contributed by atoms with Crippen molar-refractivity contribution in [3.8, 4) is 0 Å². The van der Waals surface area contributed by atoms with E-state index in [-0.39, 0.29) is 0 Å². The van der Waals surface area contributed by atoms with Gasteiger partial charge in [0, 0.05) is 16.2 Å². The molecule has 0 aliphatic heterocycles. The minimum absolute atomic E-state index is 0.421. The van der Waals surface area contributed by atoms with Crippen LogP contribution in [0.2, 0.25) is 5.15 Å². The van der Waals surface area contributed by atoms with Gasteiger partial charge in [0.05, 0.1) is 0 Å². The second-order valence-electron chi connectivity index (χ2n) is 3.31. The van der Waals surface area contributed by atoms with Crippen molar-refractivity contribution in [3.05, 3.63) is 45.8 Å². The van der Waals surface area contributed by atoms with Crippen LogP contribution in [0.1, 0.15) is 5.56 Å². The van der Waals surface area contributed by atoms with E-state index in [9.17, 15) is 0 Å². The molecule has 16 heavy (non-hydrogen) atoms. The van der Waals surface area contributed by atoms with Crippen LogP contribution >= 0.6 is 27.5 Å². The number of aryl methyl sites for hydroxylation is 1. The molecule has 0 aliphatic rings. The molecule has 1 aromatic heterocycles. The van der Waals surface area contributed by atoms with Gasteiger partial charge in [-0.3, -0.25) is 0 Å². The van der Waals surface area contributed by atoms with E-state index in [1.165, 1.54) is 6.33 Å². The highest BCUT2D eigenvalue weighted by Gasteiger charge is 2.01. The van der Waals surface area contributed by atoms with Crippen LogP contribution in [0.15, 0.2) is 35.1 Å². The molecule has 0 saturated heterocycles. The summed E-state index contributed by atoms with van der Waals surface area (Å²) in [6, 6.07) is 7.69. The first-order chi connectivity index (χ1) is 7.65. The van der Waals surface area contributed by atoms with Crippen molar-refractivity contribution >= 4 is 39.0 Å². The summed E-state index contributed by atoms with van der Waals surface area (Å²) in [5.41, 5.74) is 2.13. The molecule has 0 spiro atoms. The lowest BCUT2D eigenvalue weighted by molar-refractivity contribution is 1.16. The standard InChI is InChI=1S/C11H9BrClN3/c1-7-2-3-8(12)4-9(7)16-11-5-10(13)14-6-15-11/h2-6H,1H3,(H,14,15,16). The molecule has 0 radical (unpaired) electrons. The quantitative estimate of drug-likeness (QED) is 0.853. The molecule has 0 saturated carbocycles. The molecule has 0 aliphatic carbocycles. The Balaban J connectivity index is 2.30. The maximum absolute atomic E-state index is 5.78. The topological polar surface area (TPSA) is 37.8 Å². The van der Waals surface area contributed by atoms with Crippen LogP contribution < -0.4 is 5.32 Å². The first-order valence-corrected chi connectivity index (χ1v) is 5.83. The molecular formula is C11H9BrClN3. The minimum Gasteiger partial charge on any atom is -0.340 e. The lowest BCUT2D eigenvalue weighted by atomic mass is 10.2. The zero-order valence-corrected chi connectivity index (χ0v) is 10.9. The Hall–Kier alpha value is -1.13. The van der Waals surface area contributed by atoms with Gasteiger partial charge in [-0.1, -0.05) is 33.6 Å². The van der Waals surface area contributed by atoms with Gasteiger partial charge >= 0.3 is 0 Å². The number of hydrogen-bond acceptors (Lipinski definition) is 3. The smallest absolute Gasteiger partial charge is 0.135 e. The van der Waals surface area contributed by atoms with E-state index in [0.29, 0.717) is 11.0 Å². The van der Waals surface area contributed by atoms with Crippen molar-refractivity contribution in [2.45, 2.75) is 6.92 Å². The average molecular weight is 299 g/mol. The molecule has 0 bridgehead atoms. The number of nitrogens with zero attached hydrogens (tertiary/aromatic N) is 2. The summed E-state index contributed by atoms with van der Waals surface area (Å²) in [4.78, 5) is 7.91. The van der Waals surface area contributed by atoms with Crippen LogP contribution in [0.4, 0.5) is 11.5 Å². The molecule has 5 heteroatoms. The van der Waals surface area contributed by atoms with E-state index in [4.69, 9.17) is 11.6 Å². The molecule has 2 aromatic rings. The van der Waals surface area contributed by atoms with E-state index in [1.54, 1.807) is 6.07 Å². The third-order valence-corrected chi connectivity index (χ3v) is 2.80. The SMILES string of the molecule is Cc1ccc(Br)cc1Nc1cc(Cl)ncn1. The fraction of sp³-hybridized carbons (Fsp3) is 0.0909. The molecule has 2 rings (SSSR count). The summed E-state index contributed by atoms with van der Waals surface area (Å²) >= 11 is 9.21. The van der Waals surface area contributed by atoms with Crippen molar-refractivity contribution in [1.82, 2.24) is 9.97 Å². The zero-order valence-electron chi connectivity index (χ0n) is 8.54. The number of anilines is 2. The molecule has 3 nitrogen and oxygen atoms in total. The number of hydrogen-bond donors (Lipinski definition) is 1. The van der Waals surface area contributed by atoms with Crippen LogP contribution in [-0.4, -0.2) is 9.97 Å². The summed E-state index contributed by atoms with van der Waals surface area (Å²) in [5.74, 6) is 0.682. The number of aromatic nitrogens is 2. The highest BCUT2D eigenvalue weighted by atomic mass is 79.9. The van der Waals surface area contributed by atoms with Crippen molar-refractivity contribution in [3.63, 3.8) is 0 Å². The summed E-state index contributed by atoms with van der Waals surface area (Å²) in [5, 5.41) is 3.61. The van der Waals surface area contributed by atoms with Crippen molar-refractivity contribution in [2.75, 3.05) is 5.32 Å². The van der Waals surface area contributed by atoms with E-state index in [2.05, 4.69) is 31.2 Å². The summed E-state index contributed by atoms with van der Waals surface area (Å²) in [7, 11) is 0. The highest BCUT2D eigenvalue weighted by molar-refractivity contribution is 9.10. The van der Waals surface area contributed by atoms with E-state index in [1.807, 2.05) is 25.1 Å². The van der Waals surface area contributed by atoms with Crippen LogP contribution in [-0.2, 0) is 0 Å². The first kappa shape index (κ1) is 11.4. The molecule has 1 N–H and O–H groups in total. The van der Waals surface area contributed by atoms with Crippen molar-refractivity contribution in [2.24, 2.45) is 0 Å². The molecule has 1 heterocycles. The van der Waals surface area contributed by atoms with Gasteiger partial charge in [0.1, 0.15) is 17.3 Å². The van der Waals surface area contributed by atoms with E-state index < -0.39 is 0 Å². The van der Waals surface area contributed by atoms with Gasteiger partial charge in [-0.25, -0.2) is 9.97 Å². The van der Waals surface area contributed by atoms with Gasteiger partial charge in [0.2, 0.25) is 0 Å². The van der Waals surface area contributed by atoms with Crippen LogP contribution in [0.3, 0.4) is 0 Å². The Morgan fingerprint density at radius 1 is 1.25 bits per heavy atom. The third-order valence-electron chi connectivity index (χ3n) is 2.10. The molecule has 0 amide bonds. The largest absolute Gasteiger partial charge is 0.340 e. The monoisotopic (exact) mass is 297 g/mol. The Morgan fingerprint density at radius 2 is 2.06 bits per heavy atom. The van der Waals surface area contributed by atoms with Gasteiger partial charge < -0.3 is 5.32 Å². The van der Waals surface area contributed by atoms with Gasteiger partial charge in [-0.2, -0.15) is 0 Å². The first-order valence-electron chi connectivity index (χ1n) is 4.66. The Labute approximate surface area is 107 Å². The second kappa shape index (κ2) is 4.80. The second-order valence-corrected chi connectivity index (χ2v) is 4.61. The summed E-state index contributed by atoms with van der Waals surface area (Å²) in [6.45, 7) is 2.03. The lowest BCUT2D eigenvalue weighted by Gasteiger charge is -2.08. The minimum atomic E-state index is 0.421. The van der Waals surface area contributed by atoms with Crippen LogP contribution in [0, 0.1) is 6.92 Å². The number of rotatable bonds is 2. The maximum Gasteiger partial charge on any atom is 0.135 e. The number of halogens is 2. The van der Waals surface area contributed by atoms with E-state index >= 15 is 0 Å². The summed E-state index contributed by atoms with van der Waals surface area (Å²) < 4.78 is 1.01. The molecule has 0 unspecified atom stereocenters. The van der Waals surface area contributed by atoms with Crippen LogP contribution in [0.5, 0.6) is 0 Å². The van der Waals surface area contributed by atoms with Gasteiger partial charge in [0.15, 0.2) is 0 Å². The molecular weight excluding hydrogens is 289 g/mol. The lowest BCUT2D eigenvalue weighted by Crippen LogP contribution is -1.96. The van der Waals surface area contributed by atoms with Gasteiger partial charge in [-0.05, 0) is 24.6 Å². The predicted octanol–water partition coefficient (Wildman–Crippen LogP) is 3.94. The van der Waals surface area contributed by atoms with Crippen molar-refractivity contribution in [1.29, 1.82) is 0 Å². The Bertz CT molecular complexity index is 516. The predicted molar refractivity (Wildman–Crippen MR) is 69.2 cm³/mol. The third kappa shape index (κ3) is 2.71. The fourth-order valence-corrected chi connectivity index (χ4v) is 1.78. The molecule has 0 atom stereocenters. The van der Waals surface area contributed by atoms with Gasteiger partial charge in [0.25, 0.3) is 0 Å².